The minimum absolute atomic E-state index is 0.0660. The van der Waals surface area contributed by atoms with E-state index >= 15 is 0 Å². The highest BCUT2D eigenvalue weighted by molar-refractivity contribution is 8.09. The van der Waals surface area contributed by atoms with E-state index in [0.717, 1.165) is 49.1 Å². The third-order valence-electron chi connectivity index (χ3n) is 8.12. The number of hydrogen-bond donors (Lipinski definition) is 0. The van der Waals surface area contributed by atoms with Crippen molar-refractivity contribution in [3.8, 4) is 5.69 Å². The maximum atomic E-state index is 14.1. The molecule has 0 N–H and O–H groups in total. The van der Waals surface area contributed by atoms with Crippen molar-refractivity contribution in [1.29, 1.82) is 0 Å². The number of aromatic nitrogens is 1. The molecule has 3 aromatic carbocycles. The van der Waals surface area contributed by atoms with Gasteiger partial charge in [0.1, 0.15) is 20.2 Å². The van der Waals surface area contributed by atoms with E-state index in [1.165, 1.54) is 22.7 Å². The first-order valence-corrected chi connectivity index (χ1v) is 17.5. The van der Waals surface area contributed by atoms with Crippen molar-refractivity contribution < 1.29 is 21.3 Å². The van der Waals surface area contributed by atoms with Crippen LogP contribution in [-0.4, -0.2) is 21.4 Å². The minimum Gasteiger partial charge on any atom is -0.451 e. The molecule has 0 atom stereocenters. The maximum absolute atomic E-state index is 14.1. The van der Waals surface area contributed by atoms with Crippen LogP contribution in [0.2, 0.25) is 0 Å². The summed E-state index contributed by atoms with van der Waals surface area (Å²) in [4.78, 5) is 0.276. The van der Waals surface area contributed by atoms with Crippen molar-refractivity contribution in [3.05, 3.63) is 87.8 Å². The Labute approximate surface area is 242 Å². The van der Waals surface area contributed by atoms with Gasteiger partial charge in [-0.15, -0.1) is 22.7 Å². The second kappa shape index (κ2) is 7.38. The number of thiophene rings is 2. The molecule has 202 valence electrons. The Morgan fingerprint density at radius 2 is 1.39 bits per heavy atom. The van der Waals surface area contributed by atoms with E-state index in [-0.39, 0.29) is 25.2 Å². The zero-order valence-corrected chi connectivity index (χ0v) is 25.2. The molecule has 0 bridgehead atoms. The Hall–Kier alpha value is -3.70. The summed E-state index contributed by atoms with van der Waals surface area (Å²) in [6.07, 6.45) is 0. The molecule has 4 aromatic heterocycles. The van der Waals surface area contributed by atoms with E-state index in [2.05, 4.69) is 54.0 Å². The predicted molar refractivity (Wildman–Crippen MR) is 166 cm³/mol. The number of furan rings is 1. The number of fused-ring (bicyclic) bond motifs is 12. The summed E-state index contributed by atoms with van der Waals surface area (Å²) in [5.41, 5.74) is 7.51. The van der Waals surface area contributed by atoms with Crippen molar-refractivity contribution in [2.75, 3.05) is 0 Å². The fourth-order valence-corrected chi connectivity index (χ4v) is 14.5. The summed E-state index contributed by atoms with van der Waals surface area (Å²) >= 11 is 2.56. The highest BCUT2D eigenvalue weighted by atomic mass is 32.2. The van der Waals surface area contributed by atoms with E-state index in [4.69, 9.17) is 4.42 Å². The third-order valence-corrected chi connectivity index (χ3v) is 14.9. The lowest BCUT2D eigenvalue weighted by Gasteiger charge is -2.08. The molecule has 9 rings (SSSR count). The molecule has 0 saturated heterocycles. The zero-order valence-electron chi connectivity index (χ0n) is 21.9. The molecule has 10 heteroatoms. The molecule has 6 nitrogen and oxygen atoms in total. The molecule has 7 aromatic rings. The minimum atomic E-state index is -4.07. The van der Waals surface area contributed by atoms with Crippen LogP contribution >= 0.6 is 22.7 Å². The Bertz CT molecular complexity index is 2620. The van der Waals surface area contributed by atoms with E-state index in [1.807, 2.05) is 6.92 Å². The number of nitrogens with zero attached hydrogens (tertiary/aromatic N) is 1. The number of aryl methyl sites for hydroxylation is 3. The van der Waals surface area contributed by atoms with Crippen molar-refractivity contribution >= 4 is 93.8 Å². The van der Waals surface area contributed by atoms with Crippen molar-refractivity contribution in [3.63, 3.8) is 0 Å². The number of benzene rings is 3. The van der Waals surface area contributed by atoms with Gasteiger partial charge in [-0.1, -0.05) is 35.9 Å². The lowest BCUT2D eigenvalue weighted by molar-refractivity contribution is 0.606. The smallest absolute Gasteiger partial charge is 0.211 e. The van der Waals surface area contributed by atoms with E-state index < -0.39 is 19.7 Å². The lowest BCUT2D eigenvalue weighted by Crippen LogP contribution is -2.02. The van der Waals surface area contributed by atoms with Crippen LogP contribution in [0.15, 0.2) is 74.9 Å². The maximum Gasteiger partial charge on any atom is 0.211 e. The van der Waals surface area contributed by atoms with Crippen molar-refractivity contribution in [2.45, 2.75) is 30.6 Å². The van der Waals surface area contributed by atoms with Crippen LogP contribution in [0.3, 0.4) is 0 Å². The molecule has 2 aliphatic rings. The van der Waals surface area contributed by atoms with E-state index in [9.17, 15) is 16.8 Å². The Morgan fingerprint density at radius 1 is 0.683 bits per heavy atom. The largest absolute Gasteiger partial charge is 0.451 e. The van der Waals surface area contributed by atoms with Crippen LogP contribution in [-0.2, 0) is 19.7 Å². The first-order chi connectivity index (χ1) is 19.6. The van der Waals surface area contributed by atoms with E-state index in [0.29, 0.717) is 19.9 Å². The molecule has 0 unspecified atom stereocenters. The summed E-state index contributed by atoms with van der Waals surface area (Å²) in [7, 11) is -8.05. The second-order valence-corrected chi connectivity index (χ2v) is 16.5. The average molecular weight is 614 g/mol. The van der Waals surface area contributed by atoms with Gasteiger partial charge >= 0.3 is 0 Å². The molecule has 0 fully saturated rings. The first kappa shape index (κ1) is 24.0. The highest BCUT2D eigenvalue weighted by Gasteiger charge is 2.52. The monoisotopic (exact) mass is 613 g/mol. The lowest BCUT2D eigenvalue weighted by atomic mass is 10.1. The molecule has 2 aliphatic heterocycles. The van der Waals surface area contributed by atoms with Crippen LogP contribution in [0.1, 0.15) is 27.1 Å². The molecule has 41 heavy (non-hydrogen) atoms. The van der Waals surface area contributed by atoms with Gasteiger partial charge in [-0.3, -0.25) is 0 Å². The average Bonchev–Trinajstić information content (AvgIpc) is 3.70. The van der Waals surface area contributed by atoms with Gasteiger partial charge in [-0.05, 0) is 62.2 Å². The van der Waals surface area contributed by atoms with Crippen molar-refractivity contribution in [1.82, 2.24) is 4.57 Å². The van der Waals surface area contributed by atoms with Gasteiger partial charge in [-0.2, -0.15) is 0 Å². The molecule has 0 aliphatic carbocycles. The fraction of sp³-hybridized carbons (Fsp3) is 0.0968. The molecule has 0 spiro atoms. The normalized spacial score (nSPS) is 16.9. The second-order valence-electron chi connectivity index (χ2n) is 10.8. The Balaban J connectivity index is 1.38. The SMILES string of the molecule is Cc1ccc(-n2c3cc(C)ccc3c3oc4c5sc6c(c5sc4c32)S(=O)(=O)C2=C6S(=O)(=O)c3cc(C)ccc32)cc1. The molecule has 6 heterocycles. The number of hydrogen-bond acceptors (Lipinski definition) is 7. The van der Waals surface area contributed by atoms with Gasteiger partial charge in [0.25, 0.3) is 0 Å². The molecular formula is C31H19NO5S4. The molecule has 0 radical (unpaired) electrons. The van der Waals surface area contributed by atoms with Crippen LogP contribution in [0.25, 0.3) is 57.2 Å². The fourth-order valence-electron chi connectivity index (χ4n) is 6.26. The van der Waals surface area contributed by atoms with Gasteiger partial charge in [0.15, 0.2) is 11.2 Å². The van der Waals surface area contributed by atoms with E-state index in [1.54, 1.807) is 25.1 Å². The molecular weight excluding hydrogens is 595 g/mol. The van der Waals surface area contributed by atoms with Gasteiger partial charge in [0.2, 0.25) is 19.7 Å². The van der Waals surface area contributed by atoms with Gasteiger partial charge in [0, 0.05) is 16.6 Å². The summed E-state index contributed by atoms with van der Waals surface area (Å²) in [6.45, 7) is 5.90. The predicted octanol–water partition coefficient (Wildman–Crippen LogP) is 8.13. The van der Waals surface area contributed by atoms with Crippen molar-refractivity contribution in [2.24, 2.45) is 0 Å². The Kier molecular flexibility index (Phi) is 4.31. The molecule has 0 amide bonds. The topological polar surface area (TPSA) is 86.3 Å². The van der Waals surface area contributed by atoms with Gasteiger partial charge in [0.05, 0.1) is 29.4 Å². The molecule has 0 saturated carbocycles. The van der Waals surface area contributed by atoms with Crippen LogP contribution in [0.4, 0.5) is 0 Å². The van der Waals surface area contributed by atoms with Gasteiger partial charge in [-0.25, -0.2) is 16.8 Å². The Morgan fingerprint density at radius 3 is 2.17 bits per heavy atom. The highest BCUT2D eigenvalue weighted by Crippen LogP contribution is 2.61. The summed E-state index contributed by atoms with van der Waals surface area (Å²) in [5.74, 6) is 0. The van der Waals surface area contributed by atoms with Gasteiger partial charge < -0.3 is 8.98 Å². The van der Waals surface area contributed by atoms with Crippen LogP contribution < -0.4 is 0 Å². The number of sulfone groups is 2. The number of rotatable bonds is 1. The quantitative estimate of drug-likeness (QED) is 0.187. The summed E-state index contributed by atoms with van der Waals surface area (Å²) < 4.78 is 66.4. The summed E-state index contributed by atoms with van der Waals surface area (Å²) in [6, 6.07) is 19.5. The summed E-state index contributed by atoms with van der Waals surface area (Å²) in [5, 5.41) is 0.966. The van der Waals surface area contributed by atoms with Crippen LogP contribution in [0.5, 0.6) is 0 Å². The zero-order chi connectivity index (χ0) is 28.2. The third kappa shape index (κ3) is 2.76. The standard InChI is InChI=1S/C31H19NO5S4/c1-14-4-8-17(9-5-14)32-20-12-15(2)6-10-18(20)23-22(32)25-24(37-23)26-27(38-25)30-28(39-26)31-29(41(30,35)36)19-11-7-16(3)13-21(19)40(31,33)34/h4-13H,1-3H3. The first-order valence-electron chi connectivity index (χ1n) is 12.9. The van der Waals surface area contributed by atoms with Crippen LogP contribution in [0, 0.1) is 20.8 Å².